The summed E-state index contributed by atoms with van der Waals surface area (Å²) < 4.78 is 41.5. The molecule has 3 heterocycles. The van der Waals surface area contributed by atoms with Crippen molar-refractivity contribution < 1.29 is 22.3 Å². The van der Waals surface area contributed by atoms with Gasteiger partial charge >= 0.3 is 0 Å². The molecule has 0 aliphatic carbocycles. The lowest BCUT2D eigenvalue weighted by Gasteiger charge is -2.02. The Morgan fingerprint density at radius 2 is 2.03 bits per heavy atom. The zero-order chi connectivity index (χ0) is 20.6. The van der Waals surface area contributed by atoms with Gasteiger partial charge in [-0.2, -0.15) is 13.0 Å². The molecule has 3 aromatic heterocycles. The maximum atomic E-state index is 11.2. The molecule has 0 saturated carbocycles. The van der Waals surface area contributed by atoms with Crippen molar-refractivity contribution >= 4 is 76.6 Å². The number of nitrogens with zero attached hydrogens (tertiary/aromatic N) is 1. The van der Waals surface area contributed by atoms with Gasteiger partial charge in [-0.3, -0.25) is 4.55 Å². The quantitative estimate of drug-likeness (QED) is 0.299. The second-order valence-corrected chi connectivity index (χ2v) is 11.5. The molecule has 0 spiro atoms. The van der Waals surface area contributed by atoms with Gasteiger partial charge in [0, 0.05) is 33.7 Å². The summed E-state index contributed by atoms with van der Waals surface area (Å²) >= 11 is 5.03. The molecule has 152 valence electrons. The first kappa shape index (κ1) is 20.5. The number of hydrogen-bond donors (Lipinski definition) is 1. The third-order valence-electron chi connectivity index (χ3n) is 4.55. The van der Waals surface area contributed by atoms with Crippen LogP contribution in [0.3, 0.4) is 0 Å². The molecule has 9 heteroatoms. The molecule has 1 aromatic carbocycles. The Morgan fingerprint density at radius 3 is 2.72 bits per heavy atom. The average molecular weight is 467 g/mol. The highest BCUT2D eigenvalue weighted by molar-refractivity contribution is 7.85. The standard InChI is InChI=1S/C20H19NO4S4/c1-13-4-5-14(27-13)6-7-18-21(9-3-11-29(22,23)24)19-17(28-18)12-16(25-2)15-8-10-26-20(15)19/h4-8,10,12H,3,9,11H2,1-2H3/p+1. The maximum absolute atomic E-state index is 11.2. The van der Waals surface area contributed by atoms with Crippen LogP contribution in [0.15, 0.2) is 29.6 Å². The van der Waals surface area contributed by atoms with Gasteiger partial charge in [-0.25, -0.2) is 0 Å². The van der Waals surface area contributed by atoms with Crippen LogP contribution in [0.25, 0.3) is 32.5 Å². The van der Waals surface area contributed by atoms with Gasteiger partial charge in [0.25, 0.3) is 15.1 Å². The molecular weight excluding hydrogens is 446 g/mol. The zero-order valence-corrected chi connectivity index (χ0v) is 19.2. The van der Waals surface area contributed by atoms with Crippen LogP contribution < -0.4 is 9.30 Å². The summed E-state index contributed by atoms with van der Waals surface area (Å²) in [6, 6.07) is 8.27. The van der Waals surface area contributed by atoms with Crippen LogP contribution in [0.1, 0.15) is 21.2 Å². The van der Waals surface area contributed by atoms with E-state index in [1.807, 2.05) is 17.5 Å². The summed E-state index contributed by atoms with van der Waals surface area (Å²) in [5.41, 5.74) is 1.08. The Bertz CT molecular complexity index is 1310. The van der Waals surface area contributed by atoms with E-state index >= 15 is 0 Å². The van der Waals surface area contributed by atoms with Gasteiger partial charge < -0.3 is 4.74 Å². The number of ether oxygens (including phenoxy) is 1. The van der Waals surface area contributed by atoms with Crippen molar-refractivity contribution in [2.24, 2.45) is 0 Å². The molecule has 0 radical (unpaired) electrons. The minimum atomic E-state index is -3.98. The van der Waals surface area contributed by atoms with E-state index in [0.29, 0.717) is 13.0 Å². The normalized spacial score (nSPS) is 12.5. The Hall–Kier alpha value is -1.78. The maximum Gasteiger partial charge on any atom is 0.265 e. The number of thiophene rings is 2. The molecule has 0 amide bonds. The molecule has 5 nitrogen and oxygen atoms in total. The number of thiazole rings is 1. The molecule has 4 rings (SSSR count). The highest BCUT2D eigenvalue weighted by Gasteiger charge is 2.24. The third kappa shape index (κ3) is 4.39. The molecule has 0 unspecified atom stereocenters. The molecular formula is C20H20NO4S4+. The molecule has 0 aliphatic rings. The lowest BCUT2D eigenvalue weighted by atomic mass is 10.2. The Balaban J connectivity index is 1.84. The van der Waals surface area contributed by atoms with Crippen molar-refractivity contribution in [2.45, 2.75) is 19.9 Å². The van der Waals surface area contributed by atoms with Crippen molar-refractivity contribution in [1.29, 1.82) is 0 Å². The van der Waals surface area contributed by atoms with Crippen molar-refractivity contribution in [3.8, 4) is 5.75 Å². The Labute approximate surface area is 181 Å². The summed E-state index contributed by atoms with van der Waals surface area (Å²) in [6.07, 6.45) is 4.51. The topological polar surface area (TPSA) is 67.5 Å². The number of aromatic nitrogens is 1. The molecule has 29 heavy (non-hydrogen) atoms. The van der Waals surface area contributed by atoms with Gasteiger partial charge in [-0.1, -0.05) is 11.3 Å². The van der Waals surface area contributed by atoms with Crippen LogP contribution in [0.5, 0.6) is 5.75 Å². The molecule has 0 fully saturated rings. The van der Waals surface area contributed by atoms with Gasteiger partial charge in [-0.05, 0) is 36.6 Å². The van der Waals surface area contributed by atoms with Gasteiger partial charge in [0.05, 0.1) is 12.9 Å². The summed E-state index contributed by atoms with van der Waals surface area (Å²) in [6.45, 7) is 2.58. The van der Waals surface area contributed by atoms with Crippen LogP contribution in [-0.2, 0) is 16.7 Å². The SMILES string of the molecule is COc1cc2sc(C=Cc3ccc(C)s3)[n+](CCCS(=O)(=O)O)c2c2sccc12. The van der Waals surface area contributed by atoms with Crippen LogP contribution in [0, 0.1) is 6.92 Å². The second kappa shape index (κ2) is 8.16. The van der Waals surface area contributed by atoms with E-state index in [2.05, 4.69) is 35.8 Å². The van der Waals surface area contributed by atoms with Crippen LogP contribution in [0.2, 0.25) is 0 Å². The van der Waals surface area contributed by atoms with Crippen LogP contribution >= 0.6 is 34.0 Å². The average Bonchev–Trinajstić information content (AvgIpc) is 3.36. The van der Waals surface area contributed by atoms with E-state index in [9.17, 15) is 8.42 Å². The van der Waals surface area contributed by atoms with Crippen molar-refractivity contribution in [1.82, 2.24) is 0 Å². The predicted molar refractivity (Wildman–Crippen MR) is 123 cm³/mol. The lowest BCUT2D eigenvalue weighted by molar-refractivity contribution is -0.667. The zero-order valence-electron chi connectivity index (χ0n) is 15.9. The van der Waals surface area contributed by atoms with E-state index in [4.69, 9.17) is 9.29 Å². The largest absolute Gasteiger partial charge is 0.496 e. The van der Waals surface area contributed by atoms with Crippen molar-refractivity contribution in [2.75, 3.05) is 12.9 Å². The highest BCUT2D eigenvalue weighted by atomic mass is 32.2. The molecule has 4 aromatic rings. The van der Waals surface area contributed by atoms with Gasteiger partial charge in [-0.15, -0.1) is 22.7 Å². The van der Waals surface area contributed by atoms with E-state index in [-0.39, 0.29) is 5.75 Å². The van der Waals surface area contributed by atoms with E-state index in [0.717, 1.165) is 31.1 Å². The Kier molecular flexibility index (Phi) is 5.76. The predicted octanol–water partition coefficient (Wildman–Crippen LogP) is 5.23. The van der Waals surface area contributed by atoms with Gasteiger partial charge in [0.2, 0.25) is 5.52 Å². The summed E-state index contributed by atoms with van der Waals surface area (Å²) in [5, 5.41) is 4.12. The number of benzene rings is 1. The number of fused-ring (bicyclic) bond motifs is 3. The monoisotopic (exact) mass is 466 g/mol. The fourth-order valence-corrected chi connectivity index (χ4v) is 6.73. The first-order valence-corrected chi connectivity index (χ1v) is 13.1. The summed E-state index contributed by atoms with van der Waals surface area (Å²) in [4.78, 5) is 2.43. The molecule has 0 bridgehead atoms. The van der Waals surface area contributed by atoms with Gasteiger partial charge in [0.1, 0.15) is 15.1 Å². The van der Waals surface area contributed by atoms with E-state index < -0.39 is 10.1 Å². The van der Waals surface area contributed by atoms with Crippen molar-refractivity contribution in [3.63, 3.8) is 0 Å². The molecule has 0 aliphatic heterocycles. The first-order chi connectivity index (χ1) is 13.9. The fourth-order valence-electron chi connectivity index (χ4n) is 3.29. The molecule has 1 N–H and O–H groups in total. The Morgan fingerprint density at radius 1 is 1.21 bits per heavy atom. The lowest BCUT2D eigenvalue weighted by Crippen LogP contribution is -2.36. The van der Waals surface area contributed by atoms with Crippen LogP contribution in [-0.4, -0.2) is 25.8 Å². The summed E-state index contributed by atoms with van der Waals surface area (Å²) in [7, 11) is -2.31. The smallest absolute Gasteiger partial charge is 0.265 e. The summed E-state index contributed by atoms with van der Waals surface area (Å²) in [5.74, 6) is 0.582. The number of aryl methyl sites for hydroxylation is 2. The first-order valence-electron chi connectivity index (χ1n) is 8.96. The van der Waals surface area contributed by atoms with E-state index in [1.165, 1.54) is 9.75 Å². The molecule has 0 saturated heterocycles. The minimum Gasteiger partial charge on any atom is -0.496 e. The molecule has 0 atom stereocenters. The van der Waals surface area contributed by atoms with Crippen LogP contribution in [0.4, 0.5) is 0 Å². The third-order valence-corrected chi connectivity index (χ3v) is 8.34. The minimum absolute atomic E-state index is 0.256. The van der Waals surface area contributed by atoms with E-state index in [1.54, 1.807) is 41.1 Å². The van der Waals surface area contributed by atoms with Gasteiger partial charge in [0.15, 0.2) is 6.54 Å². The highest BCUT2D eigenvalue weighted by Crippen LogP contribution is 2.38. The van der Waals surface area contributed by atoms with Crippen molar-refractivity contribution in [3.05, 3.63) is 44.4 Å². The second-order valence-electron chi connectivity index (χ2n) is 6.60. The number of methoxy groups -OCH3 is 1. The number of hydrogen-bond acceptors (Lipinski definition) is 6. The fraction of sp³-hybridized carbons (Fsp3) is 0.250. The number of rotatable bonds is 7.